The van der Waals surface area contributed by atoms with Crippen LogP contribution in [0.15, 0.2) is 60.8 Å². The molecule has 3 atom stereocenters. The quantitative estimate of drug-likeness (QED) is 0.717. The molecule has 27 heavy (non-hydrogen) atoms. The summed E-state index contributed by atoms with van der Waals surface area (Å²) in [4.78, 5) is 14.9. The summed E-state index contributed by atoms with van der Waals surface area (Å²) in [7, 11) is 0. The normalized spacial score (nSPS) is 22.7. The third-order valence-corrected chi connectivity index (χ3v) is 4.46. The van der Waals surface area contributed by atoms with Crippen LogP contribution in [0.4, 0.5) is 0 Å². The highest BCUT2D eigenvalue weighted by Crippen LogP contribution is 2.42. The molecule has 0 radical (unpaired) electrons. The number of phenolic OH excluding ortho intramolecular Hbond substituents is 1. The molecule has 1 aliphatic rings. The summed E-state index contributed by atoms with van der Waals surface area (Å²) in [6.07, 6.45) is 5.82. The second-order valence-electron chi connectivity index (χ2n) is 6.43. The number of rotatable bonds is 7. The van der Waals surface area contributed by atoms with Gasteiger partial charge in [-0.2, -0.15) is 0 Å². The average Bonchev–Trinajstić information content (AvgIpc) is 2.69. The van der Waals surface area contributed by atoms with Crippen LogP contribution in [0.1, 0.15) is 42.9 Å². The molecule has 1 fully saturated rings. The Bertz CT molecular complexity index is 777. The van der Waals surface area contributed by atoms with E-state index in [4.69, 9.17) is 14.6 Å². The van der Waals surface area contributed by atoms with Crippen LogP contribution < -0.4 is 0 Å². The number of allylic oxidation sites excluding steroid dienone is 2. The molecule has 1 saturated heterocycles. The highest BCUT2D eigenvalue weighted by Gasteiger charge is 2.35. The first-order valence-electron chi connectivity index (χ1n) is 8.98. The lowest BCUT2D eigenvalue weighted by molar-refractivity contribution is -0.245. The van der Waals surface area contributed by atoms with Crippen molar-refractivity contribution in [3.05, 3.63) is 72.1 Å². The third-order valence-electron chi connectivity index (χ3n) is 4.46. The number of para-hydroxylation sites is 1. The lowest BCUT2D eigenvalue weighted by Crippen LogP contribution is -2.30. The number of aromatic hydroxyl groups is 1. The molecule has 0 aliphatic carbocycles. The number of nitrogens with zero attached hydrogens (tertiary/aromatic N) is 1. The SMILES string of the molecule is O=C(O)CCC=CCC1COC(c2ccccn2)OC1c1ccccc1O. The van der Waals surface area contributed by atoms with E-state index in [-0.39, 0.29) is 24.2 Å². The lowest BCUT2D eigenvalue weighted by atomic mass is 9.91. The van der Waals surface area contributed by atoms with Gasteiger partial charge in [0.15, 0.2) is 0 Å². The van der Waals surface area contributed by atoms with E-state index in [2.05, 4.69) is 4.98 Å². The van der Waals surface area contributed by atoms with Gasteiger partial charge in [0.2, 0.25) is 6.29 Å². The van der Waals surface area contributed by atoms with Gasteiger partial charge in [0, 0.05) is 24.1 Å². The Morgan fingerprint density at radius 1 is 1.19 bits per heavy atom. The molecule has 1 aromatic heterocycles. The van der Waals surface area contributed by atoms with Gasteiger partial charge in [0.1, 0.15) is 5.75 Å². The average molecular weight is 369 g/mol. The first-order chi connectivity index (χ1) is 13.1. The maximum atomic E-state index is 10.6. The van der Waals surface area contributed by atoms with Crippen molar-refractivity contribution in [3.63, 3.8) is 0 Å². The molecule has 2 aromatic rings. The van der Waals surface area contributed by atoms with Gasteiger partial charge in [-0.05, 0) is 31.0 Å². The van der Waals surface area contributed by atoms with Crippen molar-refractivity contribution in [2.24, 2.45) is 5.92 Å². The predicted molar refractivity (Wildman–Crippen MR) is 99.0 cm³/mol. The van der Waals surface area contributed by atoms with Gasteiger partial charge >= 0.3 is 5.97 Å². The summed E-state index contributed by atoms with van der Waals surface area (Å²) in [6, 6.07) is 12.7. The number of aromatic nitrogens is 1. The van der Waals surface area contributed by atoms with Crippen LogP contribution in [-0.2, 0) is 14.3 Å². The zero-order valence-electron chi connectivity index (χ0n) is 14.9. The number of carboxylic acids is 1. The highest BCUT2D eigenvalue weighted by molar-refractivity contribution is 5.66. The highest BCUT2D eigenvalue weighted by atomic mass is 16.7. The second-order valence-corrected chi connectivity index (χ2v) is 6.43. The summed E-state index contributed by atoms with van der Waals surface area (Å²) in [6.45, 7) is 0.448. The van der Waals surface area contributed by atoms with Crippen LogP contribution in [-0.4, -0.2) is 27.8 Å². The van der Waals surface area contributed by atoms with E-state index in [1.54, 1.807) is 18.3 Å². The molecular formula is C21H23NO5. The summed E-state index contributed by atoms with van der Waals surface area (Å²) >= 11 is 0. The van der Waals surface area contributed by atoms with Crippen LogP contribution >= 0.6 is 0 Å². The van der Waals surface area contributed by atoms with Gasteiger partial charge in [0.05, 0.1) is 18.4 Å². The molecule has 3 rings (SSSR count). The summed E-state index contributed by atoms with van der Waals surface area (Å²) in [5.41, 5.74) is 1.40. The van der Waals surface area contributed by atoms with Crippen molar-refractivity contribution in [2.75, 3.05) is 6.61 Å². The molecular weight excluding hydrogens is 346 g/mol. The zero-order chi connectivity index (χ0) is 19.1. The minimum Gasteiger partial charge on any atom is -0.508 e. The Hall–Kier alpha value is -2.70. The lowest BCUT2D eigenvalue weighted by Gasteiger charge is -2.36. The van der Waals surface area contributed by atoms with Crippen LogP contribution in [0.2, 0.25) is 0 Å². The fourth-order valence-electron chi connectivity index (χ4n) is 3.10. The number of carbonyl (C=O) groups is 1. The molecule has 2 N–H and O–H groups in total. The van der Waals surface area contributed by atoms with Crippen molar-refractivity contribution in [1.29, 1.82) is 0 Å². The van der Waals surface area contributed by atoms with Crippen molar-refractivity contribution in [2.45, 2.75) is 31.7 Å². The van der Waals surface area contributed by atoms with E-state index < -0.39 is 12.3 Å². The fourth-order valence-corrected chi connectivity index (χ4v) is 3.10. The number of pyridine rings is 1. The maximum absolute atomic E-state index is 10.6. The van der Waals surface area contributed by atoms with Gasteiger partial charge in [-0.1, -0.05) is 36.4 Å². The van der Waals surface area contributed by atoms with Crippen LogP contribution in [0.5, 0.6) is 5.75 Å². The fraction of sp³-hybridized carbons (Fsp3) is 0.333. The Balaban J connectivity index is 1.74. The number of ether oxygens (including phenoxy) is 2. The first-order valence-corrected chi connectivity index (χ1v) is 8.98. The van der Waals surface area contributed by atoms with Gasteiger partial charge in [0.25, 0.3) is 0 Å². The van der Waals surface area contributed by atoms with E-state index in [9.17, 15) is 9.90 Å². The molecule has 0 saturated carbocycles. The van der Waals surface area contributed by atoms with Gasteiger partial charge in [-0.3, -0.25) is 9.78 Å². The molecule has 1 aliphatic heterocycles. The number of hydrogen-bond acceptors (Lipinski definition) is 5. The zero-order valence-corrected chi connectivity index (χ0v) is 14.9. The molecule has 0 amide bonds. The molecule has 142 valence electrons. The van der Waals surface area contributed by atoms with Crippen molar-refractivity contribution >= 4 is 5.97 Å². The monoisotopic (exact) mass is 369 g/mol. The molecule has 6 nitrogen and oxygen atoms in total. The standard InChI is InChI=1S/C21H23NO5/c23-18-11-5-4-9-16(18)20-15(8-2-1-3-12-19(24)25)14-26-21(27-20)17-10-6-7-13-22-17/h1-2,4-7,9-11,13,15,20-21,23H,3,8,12,14H2,(H,24,25). The Morgan fingerprint density at radius 3 is 2.74 bits per heavy atom. The minimum absolute atomic E-state index is 0.000611. The maximum Gasteiger partial charge on any atom is 0.303 e. The largest absolute Gasteiger partial charge is 0.508 e. The number of carboxylic acid groups (broad SMARTS) is 1. The summed E-state index contributed by atoms with van der Waals surface area (Å²) in [5, 5.41) is 19.0. The Labute approximate surface area is 158 Å². The Kier molecular flexibility index (Phi) is 6.57. The minimum atomic E-state index is -0.811. The summed E-state index contributed by atoms with van der Waals surface area (Å²) < 4.78 is 12.0. The number of benzene rings is 1. The first kappa shape index (κ1) is 19.1. The number of hydrogen-bond donors (Lipinski definition) is 2. The molecule has 6 heteroatoms. The Morgan fingerprint density at radius 2 is 2.00 bits per heavy atom. The van der Waals surface area contributed by atoms with Crippen LogP contribution in [0.25, 0.3) is 0 Å². The van der Waals surface area contributed by atoms with Crippen molar-refractivity contribution in [1.82, 2.24) is 4.98 Å². The van der Waals surface area contributed by atoms with E-state index in [1.807, 2.05) is 42.5 Å². The molecule has 0 spiro atoms. The van der Waals surface area contributed by atoms with Crippen LogP contribution in [0, 0.1) is 5.92 Å². The van der Waals surface area contributed by atoms with Gasteiger partial charge in [-0.25, -0.2) is 0 Å². The third kappa shape index (κ3) is 5.15. The second kappa shape index (κ2) is 9.30. The van der Waals surface area contributed by atoms with Gasteiger partial charge < -0.3 is 19.7 Å². The predicted octanol–water partition coefficient (Wildman–Crippen LogP) is 4.00. The number of aliphatic carboxylic acids is 1. The van der Waals surface area contributed by atoms with E-state index in [0.29, 0.717) is 30.7 Å². The van der Waals surface area contributed by atoms with E-state index in [1.165, 1.54) is 0 Å². The topological polar surface area (TPSA) is 88.9 Å². The molecule has 1 aromatic carbocycles. The van der Waals surface area contributed by atoms with Crippen molar-refractivity contribution < 1.29 is 24.5 Å². The molecule has 3 unspecified atom stereocenters. The van der Waals surface area contributed by atoms with Gasteiger partial charge in [-0.15, -0.1) is 0 Å². The van der Waals surface area contributed by atoms with Crippen molar-refractivity contribution in [3.8, 4) is 5.75 Å². The smallest absolute Gasteiger partial charge is 0.303 e. The molecule has 0 bridgehead atoms. The summed E-state index contributed by atoms with van der Waals surface area (Å²) in [5.74, 6) is -0.627. The van der Waals surface area contributed by atoms with E-state index in [0.717, 1.165) is 0 Å². The van der Waals surface area contributed by atoms with E-state index >= 15 is 0 Å². The number of phenols is 1. The van der Waals surface area contributed by atoms with Crippen LogP contribution in [0.3, 0.4) is 0 Å². The molecule has 2 heterocycles.